The number of benzene rings is 1. The summed E-state index contributed by atoms with van der Waals surface area (Å²) in [5.41, 5.74) is 1.42. The number of fused-ring (bicyclic) bond motifs is 1. The molecule has 1 aromatic carbocycles. The average molecular weight is 486 g/mol. The van der Waals surface area contributed by atoms with Crippen LogP contribution in [0.25, 0.3) is 0 Å². The third kappa shape index (κ3) is 4.25. The van der Waals surface area contributed by atoms with Gasteiger partial charge in [0.25, 0.3) is 5.91 Å². The molecule has 0 radical (unpaired) electrons. The van der Waals surface area contributed by atoms with Crippen LogP contribution in [0.4, 0.5) is 4.39 Å². The molecule has 7 heteroatoms. The molecule has 1 aliphatic heterocycles. The van der Waals surface area contributed by atoms with Gasteiger partial charge in [0.2, 0.25) is 5.91 Å². The van der Waals surface area contributed by atoms with Gasteiger partial charge in [0.15, 0.2) is 0 Å². The van der Waals surface area contributed by atoms with Gasteiger partial charge in [0.1, 0.15) is 11.9 Å². The first-order valence-corrected chi connectivity index (χ1v) is 10.6. The number of amides is 2. The number of carbonyl (C=O) groups is 2. The molecule has 4 nitrogen and oxygen atoms in total. The molecule has 1 atom stereocenters. The van der Waals surface area contributed by atoms with Gasteiger partial charge in [-0.3, -0.25) is 9.59 Å². The summed E-state index contributed by atoms with van der Waals surface area (Å²) in [6, 6.07) is 5.82. The fourth-order valence-corrected chi connectivity index (χ4v) is 4.31. The van der Waals surface area contributed by atoms with E-state index in [2.05, 4.69) is 16.8 Å². The molecule has 0 aliphatic carbocycles. The topological polar surface area (TPSA) is 49.4 Å². The van der Waals surface area contributed by atoms with Gasteiger partial charge in [-0.05, 0) is 70.6 Å². The van der Waals surface area contributed by atoms with Gasteiger partial charge in [-0.15, -0.1) is 11.3 Å². The van der Waals surface area contributed by atoms with Crippen LogP contribution in [0.5, 0.6) is 0 Å². The molecule has 0 fully saturated rings. The van der Waals surface area contributed by atoms with Gasteiger partial charge >= 0.3 is 0 Å². The molecule has 2 amide bonds. The zero-order valence-electron chi connectivity index (χ0n) is 14.4. The van der Waals surface area contributed by atoms with Crippen molar-refractivity contribution in [3.8, 4) is 0 Å². The van der Waals surface area contributed by atoms with E-state index in [1.165, 1.54) is 16.5 Å². The Morgan fingerprint density at radius 2 is 2.19 bits per heavy atom. The summed E-state index contributed by atoms with van der Waals surface area (Å²) in [6.07, 6.45) is 2.19. The van der Waals surface area contributed by atoms with E-state index in [1.807, 2.05) is 34.4 Å². The van der Waals surface area contributed by atoms with E-state index in [4.69, 9.17) is 0 Å². The van der Waals surface area contributed by atoms with Crippen LogP contribution in [0.2, 0.25) is 0 Å². The van der Waals surface area contributed by atoms with E-state index in [0.717, 1.165) is 12.8 Å². The quantitative estimate of drug-likeness (QED) is 0.651. The number of nitrogens with one attached hydrogen (secondary N) is 1. The number of hydrogen-bond donors (Lipinski definition) is 1. The Labute approximate surface area is 169 Å². The molecule has 0 saturated heterocycles. The lowest BCUT2D eigenvalue weighted by atomic mass is 10.1. The Morgan fingerprint density at radius 3 is 2.92 bits per heavy atom. The zero-order chi connectivity index (χ0) is 18.7. The Hall–Kier alpha value is -1.48. The Kier molecular flexibility index (Phi) is 6.29. The maximum Gasteiger partial charge on any atom is 0.252 e. The summed E-state index contributed by atoms with van der Waals surface area (Å²) < 4.78 is 14.2. The molecule has 0 spiro atoms. The minimum absolute atomic E-state index is 0.0666. The molecule has 26 heavy (non-hydrogen) atoms. The molecule has 138 valence electrons. The van der Waals surface area contributed by atoms with Crippen LogP contribution in [0.1, 0.15) is 40.6 Å². The molecule has 1 unspecified atom stereocenters. The summed E-state index contributed by atoms with van der Waals surface area (Å²) in [5.74, 6) is -0.916. The van der Waals surface area contributed by atoms with Gasteiger partial charge in [-0.2, -0.15) is 0 Å². The molecular weight excluding hydrogens is 466 g/mol. The summed E-state index contributed by atoms with van der Waals surface area (Å²) in [7, 11) is 0. The molecule has 1 aromatic heterocycles. The highest BCUT2D eigenvalue weighted by atomic mass is 127. The van der Waals surface area contributed by atoms with Crippen molar-refractivity contribution < 1.29 is 14.0 Å². The maximum absolute atomic E-state index is 13.7. The zero-order valence-corrected chi connectivity index (χ0v) is 17.4. The van der Waals surface area contributed by atoms with Crippen molar-refractivity contribution in [3.05, 3.63) is 55.0 Å². The largest absolute Gasteiger partial charge is 0.340 e. The standard InChI is InChI=1S/C19H20FIN2O2S/c1-2-3-16(22-18(24)12-4-5-15(21)14(20)10-12)19(25)23-8-6-17-13(11-23)7-9-26-17/h4-5,7,9-10,16H,2-3,6,8,11H2,1H3,(H,22,24). The third-order valence-corrected chi connectivity index (χ3v) is 6.38. The summed E-state index contributed by atoms with van der Waals surface area (Å²) in [5, 5.41) is 4.85. The van der Waals surface area contributed by atoms with Crippen molar-refractivity contribution in [2.24, 2.45) is 0 Å². The number of rotatable bonds is 5. The average Bonchev–Trinajstić information content (AvgIpc) is 3.10. The first-order chi connectivity index (χ1) is 12.5. The van der Waals surface area contributed by atoms with Crippen LogP contribution >= 0.6 is 33.9 Å². The first kappa shape index (κ1) is 19.3. The maximum atomic E-state index is 13.7. The SMILES string of the molecule is CCCC(NC(=O)c1ccc(I)c(F)c1)C(=O)N1CCc2sccc2C1. The highest BCUT2D eigenvalue weighted by molar-refractivity contribution is 14.1. The first-order valence-electron chi connectivity index (χ1n) is 8.59. The Balaban J connectivity index is 1.71. The fourth-order valence-electron chi connectivity index (χ4n) is 3.08. The van der Waals surface area contributed by atoms with Crippen LogP contribution in [-0.4, -0.2) is 29.3 Å². The van der Waals surface area contributed by atoms with E-state index in [9.17, 15) is 14.0 Å². The second-order valence-electron chi connectivity index (χ2n) is 6.32. The molecule has 1 aliphatic rings. The summed E-state index contributed by atoms with van der Waals surface area (Å²) in [4.78, 5) is 28.6. The lowest BCUT2D eigenvalue weighted by Gasteiger charge is -2.31. The number of hydrogen-bond acceptors (Lipinski definition) is 3. The predicted molar refractivity (Wildman–Crippen MR) is 109 cm³/mol. The normalized spacial score (nSPS) is 14.7. The summed E-state index contributed by atoms with van der Waals surface area (Å²) >= 11 is 3.60. The van der Waals surface area contributed by atoms with Crippen molar-refractivity contribution in [1.82, 2.24) is 10.2 Å². The molecule has 1 N–H and O–H groups in total. The molecule has 3 rings (SSSR count). The van der Waals surface area contributed by atoms with Crippen LogP contribution in [-0.2, 0) is 17.8 Å². The number of halogens is 2. The molecule has 2 heterocycles. The highest BCUT2D eigenvalue weighted by Gasteiger charge is 2.28. The van der Waals surface area contributed by atoms with Crippen molar-refractivity contribution >= 4 is 45.7 Å². The predicted octanol–water partition coefficient (Wildman–Crippen LogP) is 3.98. The second-order valence-corrected chi connectivity index (χ2v) is 8.49. The summed E-state index contributed by atoms with van der Waals surface area (Å²) in [6.45, 7) is 3.23. The fraction of sp³-hybridized carbons (Fsp3) is 0.368. The van der Waals surface area contributed by atoms with E-state index in [1.54, 1.807) is 23.5 Å². The second kappa shape index (κ2) is 8.47. The van der Waals surface area contributed by atoms with E-state index in [-0.39, 0.29) is 11.5 Å². The highest BCUT2D eigenvalue weighted by Crippen LogP contribution is 2.24. The van der Waals surface area contributed by atoms with Crippen molar-refractivity contribution in [2.45, 2.75) is 38.8 Å². The Bertz CT molecular complexity index is 824. The lowest BCUT2D eigenvalue weighted by molar-refractivity contribution is -0.134. The van der Waals surface area contributed by atoms with E-state index < -0.39 is 17.8 Å². The van der Waals surface area contributed by atoms with Crippen molar-refractivity contribution in [1.29, 1.82) is 0 Å². The molecule has 0 saturated carbocycles. The van der Waals surface area contributed by atoms with Gasteiger partial charge in [0.05, 0.1) is 0 Å². The van der Waals surface area contributed by atoms with Crippen molar-refractivity contribution in [2.75, 3.05) is 6.54 Å². The monoisotopic (exact) mass is 486 g/mol. The molecule has 0 bridgehead atoms. The van der Waals surface area contributed by atoms with Crippen LogP contribution in [0, 0.1) is 9.39 Å². The smallest absolute Gasteiger partial charge is 0.252 e. The minimum atomic E-state index is -0.588. The van der Waals surface area contributed by atoms with Gasteiger partial charge in [-0.25, -0.2) is 4.39 Å². The van der Waals surface area contributed by atoms with Crippen LogP contribution < -0.4 is 5.32 Å². The molecule has 2 aromatic rings. The number of nitrogens with zero attached hydrogens (tertiary/aromatic N) is 1. The number of carbonyl (C=O) groups excluding carboxylic acids is 2. The Morgan fingerprint density at radius 1 is 1.38 bits per heavy atom. The van der Waals surface area contributed by atoms with Crippen molar-refractivity contribution in [3.63, 3.8) is 0 Å². The minimum Gasteiger partial charge on any atom is -0.340 e. The van der Waals surface area contributed by atoms with Gasteiger partial charge in [-0.1, -0.05) is 13.3 Å². The van der Waals surface area contributed by atoms with Gasteiger partial charge in [0, 0.05) is 27.1 Å². The van der Waals surface area contributed by atoms with Crippen LogP contribution in [0.3, 0.4) is 0 Å². The number of thiophene rings is 1. The van der Waals surface area contributed by atoms with Crippen LogP contribution in [0.15, 0.2) is 29.6 Å². The lowest BCUT2D eigenvalue weighted by Crippen LogP contribution is -2.49. The van der Waals surface area contributed by atoms with E-state index in [0.29, 0.717) is 23.1 Å². The van der Waals surface area contributed by atoms with E-state index >= 15 is 0 Å². The third-order valence-electron chi connectivity index (χ3n) is 4.48. The molecular formula is C19H20FIN2O2S. The van der Waals surface area contributed by atoms with Gasteiger partial charge < -0.3 is 10.2 Å².